The summed E-state index contributed by atoms with van der Waals surface area (Å²) in [5, 5.41) is 2.59. The molecule has 2 heterocycles. The van der Waals surface area contributed by atoms with Crippen molar-refractivity contribution in [2.24, 2.45) is 4.99 Å². The molecule has 0 saturated heterocycles. The number of methoxy groups -OCH3 is 2. The van der Waals surface area contributed by atoms with E-state index in [9.17, 15) is 9.59 Å². The van der Waals surface area contributed by atoms with E-state index in [4.69, 9.17) is 35.5 Å². The van der Waals surface area contributed by atoms with Crippen LogP contribution in [0.15, 0.2) is 99.9 Å². The van der Waals surface area contributed by atoms with Gasteiger partial charge in [0.1, 0.15) is 12.4 Å². The first-order valence-corrected chi connectivity index (χ1v) is 15.8. The average Bonchev–Trinajstić information content (AvgIpc) is 3.37. The molecule has 0 bridgehead atoms. The lowest BCUT2D eigenvalue weighted by Crippen LogP contribution is -2.40. The second kappa shape index (κ2) is 13.2. The molecule has 5 aromatic rings. The summed E-state index contributed by atoms with van der Waals surface area (Å²) in [6, 6.07) is 23.9. The molecule has 0 spiro atoms. The van der Waals surface area contributed by atoms with E-state index in [1.54, 1.807) is 37.7 Å². The molecular weight excluding hydrogens is 624 g/mol. The smallest absolute Gasteiger partial charge is 0.338 e. The van der Waals surface area contributed by atoms with Gasteiger partial charge in [0.2, 0.25) is 0 Å². The minimum absolute atomic E-state index is 0.179. The molecule has 1 aliphatic rings. The highest BCUT2D eigenvalue weighted by Crippen LogP contribution is 2.36. The van der Waals surface area contributed by atoms with Crippen molar-refractivity contribution < 1.29 is 23.7 Å². The van der Waals surface area contributed by atoms with E-state index in [1.165, 1.54) is 18.4 Å². The lowest BCUT2D eigenvalue weighted by molar-refractivity contribution is -0.139. The first-order valence-electron chi connectivity index (χ1n) is 14.6. The average molecular weight is 655 g/mol. The van der Waals surface area contributed by atoms with Gasteiger partial charge in [-0.3, -0.25) is 9.36 Å². The molecular formula is C36H31ClN2O6S. The Labute approximate surface area is 274 Å². The quantitative estimate of drug-likeness (QED) is 0.176. The summed E-state index contributed by atoms with van der Waals surface area (Å²) in [6.07, 6.45) is 1.85. The van der Waals surface area contributed by atoms with Gasteiger partial charge < -0.3 is 18.9 Å². The largest absolute Gasteiger partial charge is 0.493 e. The van der Waals surface area contributed by atoms with Crippen molar-refractivity contribution in [1.82, 2.24) is 4.57 Å². The van der Waals surface area contributed by atoms with Crippen molar-refractivity contribution in [3.8, 4) is 17.2 Å². The maximum Gasteiger partial charge on any atom is 0.338 e. The summed E-state index contributed by atoms with van der Waals surface area (Å²) in [7, 11) is 3.09. The Balaban J connectivity index is 1.53. The number of carbonyl (C=O) groups is 1. The van der Waals surface area contributed by atoms with Crippen molar-refractivity contribution in [3.63, 3.8) is 0 Å². The van der Waals surface area contributed by atoms with Gasteiger partial charge in [-0.15, -0.1) is 0 Å². The van der Waals surface area contributed by atoms with E-state index < -0.39 is 12.0 Å². The summed E-state index contributed by atoms with van der Waals surface area (Å²) in [4.78, 5) is 32.9. The van der Waals surface area contributed by atoms with Gasteiger partial charge in [0.25, 0.3) is 5.56 Å². The SMILES string of the molecule is CCOC(=O)C1=C(C)N=c2s/c(=C\c3c(OCc4ccc(Cl)cc4)ccc4ccccc34)c(=O)n2[C@H]1c1ccc(OC)c(OC)c1. The molecule has 0 unspecified atom stereocenters. The Morgan fingerprint density at radius 2 is 1.72 bits per heavy atom. The predicted molar refractivity (Wildman–Crippen MR) is 180 cm³/mol. The fraction of sp³-hybridized carbons (Fsp3) is 0.194. The molecule has 1 aromatic heterocycles. The third kappa shape index (κ3) is 5.91. The highest BCUT2D eigenvalue weighted by Gasteiger charge is 2.34. The number of fused-ring (bicyclic) bond motifs is 2. The van der Waals surface area contributed by atoms with E-state index in [0.29, 0.717) is 49.5 Å². The maximum atomic E-state index is 14.4. The number of hydrogen-bond acceptors (Lipinski definition) is 8. The second-order valence-electron chi connectivity index (χ2n) is 10.5. The van der Waals surface area contributed by atoms with Gasteiger partial charge >= 0.3 is 5.97 Å². The molecule has 6 rings (SSSR count). The van der Waals surface area contributed by atoms with Crippen molar-refractivity contribution in [2.45, 2.75) is 26.5 Å². The summed E-state index contributed by atoms with van der Waals surface area (Å²) >= 11 is 7.33. The summed E-state index contributed by atoms with van der Waals surface area (Å²) in [6.45, 7) is 3.99. The fourth-order valence-corrected chi connectivity index (χ4v) is 6.71. The molecule has 0 amide bonds. The Morgan fingerprint density at radius 1 is 0.978 bits per heavy atom. The number of thiazole rings is 1. The Bertz CT molecular complexity index is 2170. The van der Waals surface area contributed by atoms with Crippen LogP contribution in [0.5, 0.6) is 17.2 Å². The monoisotopic (exact) mass is 654 g/mol. The van der Waals surface area contributed by atoms with E-state index in [0.717, 1.165) is 21.9 Å². The number of hydrogen-bond donors (Lipinski definition) is 0. The number of ether oxygens (including phenoxy) is 4. The van der Waals surface area contributed by atoms with Gasteiger partial charge in [-0.2, -0.15) is 0 Å². The zero-order valence-electron chi connectivity index (χ0n) is 25.7. The molecule has 0 aliphatic carbocycles. The van der Waals surface area contributed by atoms with Crippen LogP contribution in [0.3, 0.4) is 0 Å². The number of allylic oxidation sites excluding steroid dienone is 1. The number of rotatable bonds is 9. The van der Waals surface area contributed by atoms with Gasteiger partial charge in [-0.05, 0) is 72.2 Å². The van der Waals surface area contributed by atoms with Crippen molar-refractivity contribution in [3.05, 3.63) is 132 Å². The standard InChI is InChI=1S/C36H31ClN2O6S/c1-5-44-35(41)32-21(2)38-36-39(33(32)24-13-17-29(42-3)30(18-24)43-4)34(40)31(46-36)19-27-26-9-7-6-8-23(26)12-16-28(27)45-20-22-10-14-25(37)15-11-22/h6-19,33H,5,20H2,1-4H3/b31-19-/t33-/m0/s1. The zero-order valence-corrected chi connectivity index (χ0v) is 27.3. The highest BCUT2D eigenvalue weighted by atomic mass is 35.5. The number of esters is 1. The number of carbonyl (C=O) groups excluding carboxylic acids is 1. The van der Waals surface area contributed by atoms with Gasteiger partial charge in [0.05, 0.1) is 42.7 Å². The predicted octanol–water partition coefficient (Wildman–Crippen LogP) is 6.20. The normalized spacial score (nSPS) is 14.5. The molecule has 0 N–H and O–H groups in total. The third-order valence-corrected chi connectivity index (χ3v) is 8.99. The van der Waals surface area contributed by atoms with Crippen LogP contribution in [0.4, 0.5) is 0 Å². The molecule has 8 nitrogen and oxygen atoms in total. The maximum absolute atomic E-state index is 14.4. The fourth-order valence-electron chi connectivity index (χ4n) is 5.55. The van der Waals surface area contributed by atoms with Gasteiger partial charge in [0, 0.05) is 10.6 Å². The zero-order chi connectivity index (χ0) is 32.4. The van der Waals surface area contributed by atoms with Gasteiger partial charge in [-0.1, -0.05) is 71.5 Å². The van der Waals surface area contributed by atoms with Crippen LogP contribution < -0.4 is 29.1 Å². The van der Waals surface area contributed by atoms with Crippen LogP contribution in [-0.2, 0) is 16.1 Å². The van der Waals surface area contributed by atoms with E-state index in [-0.39, 0.29) is 17.7 Å². The number of benzene rings is 4. The lowest BCUT2D eigenvalue weighted by atomic mass is 9.95. The third-order valence-electron chi connectivity index (χ3n) is 7.75. The topological polar surface area (TPSA) is 88.4 Å². The van der Waals surface area contributed by atoms with E-state index in [1.807, 2.05) is 72.8 Å². The van der Waals surface area contributed by atoms with E-state index in [2.05, 4.69) is 0 Å². The number of nitrogens with zero attached hydrogens (tertiary/aromatic N) is 2. The highest BCUT2D eigenvalue weighted by molar-refractivity contribution is 7.07. The van der Waals surface area contributed by atoms with Gasteiger partial charge in [0.15, 0.2) is 16.3 Å². The Kier molecular flexibility index (Phi) is 8.96. The van der Waals surface area contributed by atoms with Crippen LogP contribution in [0.2, 0.25) is 5.02 Å². The van der Waals surface area contributed by atoms with Crippen LogP contribution in [0, 0.1) is 0 Å². The number of halogens is 1. The number of aromatic nitrogens is 1. The molecule has 1 aliphatic heterocycles. The molecule has 46 heavy (non-hydrogen) atoms. The van der Waals surface area contributed by atoms with Crippen LogP contribution in [-0.4, -0.2) is 31.4 Å². The summed E-state index contributed by atoms with van der Waals surface area (Å²) < 4.78 is 24.8. The van der Waals surface area contributed by atoms with Crippen molar-refractivity contribution in [2.75, 3.05) is 20.8 Å². The molecule has 0 radical (unpaired) electrons. The molecule has 4 aromatic carbocycles. The van der Waals surface area contributed by atoms with Gasteiger partial charge in [-0.25, -0.2) is 9.79 Å². The molecule has 0 saturated carbocycles. The summed E-state index contributed by atoms with van der Waals surface area (Å²) in [5.74, 6) is 1.08. The molecule has 10 heteroatoms. The first-order chi connectivity index (χ1) is 22.3. The summed E-state index contributed by atoms with van der Waals surface area (Å²) in [5.41, 5.74) is 2.84. The second-order valence-corrected chi connectivity index (χ2v) is 12.0. The Morgan fingerprint density at radius 3 is 2.46 bits per heavy atom. The molecule has 234 valence electrons. The molecule has 1 atom stereocenters. The minimum atomic E-state index is -0.801. The van der Waals surface area contributed by atoms with Crippen molar-refractivity contribution in [1.29, 1.82) is 0 Å². The van der Waals surface area contributed by atoms with Crippen molar-refractivity contribution >= 4 is 45.8 Å². The first kappa shape index (κ1) is 31.1. The lowest BCUT2D eigenvalue weighted by Gasteiger charge is -2.25. The van der Waals surface area contributed by atoms with E-state index >= 15 is 0 Å². The Hall–Kier alpha value is -4.86. The van der Waals surface area contributed by atoms with Crippen LogP contribution >= 0.6 is 22.9 Å². The van der Waals surface area contributed by atoms with Crippen LogP contribution in [0.25, 0.3) is 16.8 Å². The minimum Gasteiger partial charge on any atom is -0.493 e. The molecule has 0 fully saturated rings. The van der Waals surface area contributed by atoms with Crippen LogP contribution in [0.1, 0.15) is 36.6 Å².